The van der Waals surface area contributed by atoms with Crippen molar-refractivity contribution in [1.82, 2.24) is 14.7 Å². The van der Waals surface area contributed by atoms with Gasteiger partial charge in [0.05, 0.1) is 19.0 Å². The van der Waals surface area contributed by atoms with Gasteiger partial charge in [0.2, 0.25) is 0 Å². The molecule has 1 aliphatic carbocycles. The van der Waals surface area contributed by atoms with Crippen molar-refractivity contribution in [2.45, 2.75) is 25.5 Å². The number of benzene rings is 1. The maximum Gasteiger partial charge on any atom is 0.387 e. The van der Waals surface area contributed by atoms with Crippen LogP contribution < -0.4 is 19.5 Å². The van der Waals surface area contributed by atoms with E-state index in [0.717, 1.165) is 19.1 Å². The maximum atomic E-state index is 13.2. The number of amides is 1. The molecule has 1 saturated carbocycles. The zero-order chi connectivity index (χ0) is 25.2. The molecule has 2 heterocycles. The van der Waals surface area contributed by atoms with Gasteiger partial charge in [-0.3, -0.25) is 9.20 Å². The molecule has 0 aliphatic heterocycles. The van der Waals surface area contributed by atoms with Crippen molar-refractivity contribution in [2.24, 2.45) is 0 Å². The summed E-state index contributed by atoms with van der Waals surface area (Å²) in [5.74, 6) is -0.317. The number of halogens is 2. The molecule has 1 aliphatic rings. The number of fused-ring (bicyclic) bond motifs is 1. The predicted molar refractivity (Wildman–Crippen MR) is 122 cm³/mol. The van der Waals surface area contributed by atoms with Crippen LogP contribution in [-0.2, 0) is 18.9 Å². The minimum absolute atomic E-state index is 0.0164. The van der Waals surface area contributed by atoms with E-state index in [2.05, 4.69) is 15.0 Å². The number of imidazole rings is 1. The summed E-state index contributed by atoms with van der Waals surface area (Å²) in [5.41, 5.74) is 1.36. The Kier molecular flexibility index (Phi) is 7.19. The molecule has 1 unspecified atom stereocenters. The molecule has 13 heteroatoms. The third kappa shape index (κ3) is 6.24. The van der Waals surface area contributed by atoms with Crippen LogP contribution in [0.4, 0.5) is 8.78 Å². The highest BCUT2D eigenvalue weighted by atomic mass is 32.3. The van der Waals surface area contributed by atoms with Gasteiger partial charge in [-0.25, -0.2) is 4.98 Å². The second-order valence-electron chi connectivity index (χ2n) is 7.82. The summed E-state index contributed by atoms with van der Waals surface area (Å²) in [7, 11) is -1.97. The van der Waals surface area contributed by atoms with Crippen LogP contribution in [0.1, 0.15) is 23.2 Å². The third-order valence-electron chi connectivity index (χ3n) is 5.08. The lowest BCUT2D eigenvalue weighted by atomic mass is 10.1. The number of carbonyl (C=O) groups is 1. The topological polar surface area (TPSA) is 121 Å². The van der Waals surface area contributed by atoms with E-state index in [0.29, 0.717) is 22.7 Å². The minimum Gasteiger partial charge on any atom is -0.496 e. The predicted octanol–water partition coefficient (Wildman–Crippen LogP) is 3.42. The van der Waals surface area contributed by atoms with Crippen molar-refractivity contribution in [1.29, 1.82) is 0 Å². The van der Waals surface area contributed by atoms with E-state index in [1.165, 1.54) is 19.4 Å². The summed E-state index contributed by atoms with van der Waals surface area (Å²) in [6.45, 7) is -3.17. The normalized spacial score (nSPS) is 15.1. The van der Waals surface area contributed by atoms with Gasteiger partial charge >= 0.3 is 17.1 Å². The fourth-order valence-corrected chi connectivity index (χ4v) is 3.79. The first kappa shape index (κ1) is 24.8. The number of nitrogens with one attached hydrogen (secondary N) is 1. The molecule has 1 atom stereocenters. The molecule has 2 aromatic heterocycles. The van der Waals surface area contributed by atoms with Gasteiger partial charge in [-0.05, 0) is 35.2 Å². The SMILES string of the molecule is COc1cc(-c2cnc3cc(OCCO[S+](C)(=O)O)ccn23)cc(OC(F)F)c1C(=O)NC1CC1. The first-order valence-corrected chi connectivity index (χ1v) is 12.4. The van der Waals surface area contributed by atoms with Crippen LogP contribution >= 0.6 is 0 Å². The molecule has 188 valence electrons. The number of ether oxygens (including phenoxy) is 3. The van der Waals surface area contributed by atoms with Gasteiger partial charge in [0.25, 0.3) is 5.91 Å². The average molecular weight is 513 g/mol. The fraction of sp³-hybridized carbons (Fsp3) is 0.364. The largest absolute Gasteiger partial charge is 0.496 e. The minimum atomic E-state index is -3.31. The second-order valence-corrected chi connectivity index (χ2v) is 9.52. The van der Waals surface area contributed by atoms with Crippen LogP contribution in [0.3, 0.4) is 0 Å². The Morgan fingerprint density at radius 1 is 1.29 bits per heavy atom. The maximum absolute atomic E-state index is 13.2. The molecular formula is C22H24F2N3O7S+. The molecule has 2 N–H and O–H groups in total. The number of methoxy groups -OCH3 is 1. The Hall–Kier alpha value is -3.29. The number of rotatable bonds is 11. The van der Waals surface area contributed by atoms with E-state index in [-0.39, 0.29) is 36.3 Å². The molecule has 0 radical (unpaired) electrons. The van der Waals surface area contributed by atoms with Gasteiger partial charge < -0.3 is 19.5 Å². The van der Waals surface area contributed by atoms with Gasteiger partial charge in [-0.1, -0.05) is 0 Å². The first-order valence-electron chi connectivity index (χ1n) is 10.6. The Morgan fingerprint density at radius 2 is 2.03 bits per heavy atom. The number of pyridine rings is 1. The van der Waals surface area contributed by atoms with Gasteiger partial charge in [0.1, 0.15) is 41.7 Å². The lowest BCUT2D eigenvalue weighted by Gasteiger charge is -2.16. The van der Waals surface area contributed by atoms with Gasteiger partial charge in [-0.2, -0.15) is 13.3 Å². The monoisotopic (exact) mass is 512 g/mol. The van der Waals surface area contributed by atoms with Crippen molar-refractivity contribution in [2.75, 3.05) is 26.6 Å². The number of aromatic nitrogens is 2. The number of carbonyl (C=O) groups excluding carboxylic acids is 1. The fourth-order valence-electron chi connectivity index (χ4n) is 3.41. The average Bonchev–Trinajstić information content (AvgIpc) is 3.50. The molecule has 3 aromatic rings. The summed E-state index contributed by atoms with van der Waals surface area (Å²) in [6.07, 6.45) is 5.92. The van der Waals surface area contributed by atoms with E-state index in [1.54, 1.807) is 28.8 Å². The van der Waals surface area contributed by atoms with Crippen LogP contribution in [0.2, 0.25) is 0 Å². The lowest BCUT2D eigenvalue weighted by Crippen LogP contribution is -2.26. The molecule has 0 bridgehead atoms. The Labute approximate surface area is 200 Å². The highest BCUT2D eigenvalue weighted by Gasteiger charge is 2.29. The zero-order valence-corrected chi connectivity index (χ0v) is 19.7. The molecule has 1 amide bonds. The number of hydrogen-bond acceptors (Lipinski definition) is 7. The van der Waals surface area contributed by atoms with Gasteiger partial charge in [0, 0.05) is 23.9 Å². The molecule has 1 fully saturated rings. The van der Waals surface area contributed by atoms with E-state index in [9.17, 15) is 17.8 Å². The van der Waals surface area contributed by atoms with Gasteiger partial charge in [-0.15, -0.1) is 4.18 Å². The van der Waals surface area contributed by atoms with E-state index in [1.807, 2.05) is 0 Å². The van der Waals surface area contributed by atoms with Crippen molar-refractivity contribution in [3.63, 3.8) is 0 Å². The highest BCUT2D eigenvalue weighted by Crippen LogP contribution is 2.37. The van der Waals surface area contributed by atoms with E-state index < -0.39 is 23.0 Å². The van der Waals surface area contributed by atoms with Crippen molar-refractivity contribution in [3.8, 4) is 28.5 Å². The summed E-state index contributed by atoms with van der Waals surface area (Å²) in [4.78, 5) is 17.0. The molecule has 4 rings (SSSR count). The van der Waals surface area contributed by atoms with Crippen LogP contribution in [0.25, 0.3) is 16.9 Å². The number of nitrogens with zero attached hydrogens (tertiary/aromatic N) is 2. The summed E-state index contributed by atoms with van der Waals surface area (Å²) >= 11 is 0. The summed E-state index contributed by atoms with van der Waals surface area (Å²) in [6, 6.07) is 6.20. The highest BCUT2D eigenvalue weighted by molar-refractivity contribution is 7.92. The van der Waals surface area contributed by atoms with Crippen LogP contribution in [-0.4, -0.2) is 59.1 Å². The summed E-state index contributed by atoms with van der Waals surface area (Å²) < 4.78 is 68.6. The quantitative estimate of drug-likeness (QED) is 0.296. The Morgan fingerprint density at radius 3 is 2.69 bits per heavy atom. The molecule has 1 aromatic carbocycles. The third-order valence-corrected chi connectivity index (χ3v) is 5.68. The molecule has 10 nitrogen and oxygen atoms in total. The first-order chi connectivity index (χ1) is 16.6. The smallest absolute Gasteiger partial charge is 0.387 e. The van der Waals surface area contributed by atoms with Crippen LogP contribution in [0.5, 0.6) is 17.2 Å². The van der Waals surface area contributed by atoms with E-state index in [4.69, 9.17) is 18.2 Å². The van der Waals surface area contributed by atoms with Crippen molar-refractivity contribution in [3.05, 3.63) is 42.2 Å². The van der Waals surface area contributed by atoms with Crippen LogP contribution in [0.15, 0.2) is 36.7 Å². The summed E-state index contributed by atoms with van der Waals surface area (Å²) in [5, 5.41) is 2.76. The second kappa shape index (κ2) is 10.1. The number of hydrogen-bond donors (Lipinski definition) is 2. The molecular weight excluding hydrogens is 488 g/mol. The lowest BCUT2D eigenvalue weighted by molar-refractivity contribution is -0.0502. The van der Waals surface area contributed by atoms with Crippen LogP contribution in [0, 0.1) is 0 Å². The molecule has 0 saturated heterocycles. The molecule has 35 heavy (non-hydrogen) atoms. The van der Waals surface area contributed by atoms with Crippen molar-refractivity contribution >= 4 is 22.0 Å². The number of alkyl halides is 2. The Bertz CT molecular complexity index is 1270. The van der Waals surface area contributed by atoms with E-state index >= 15 is 0 Å². The van der Waals surface area contributed by atoms with Crippen molar-refractivity contribution < 1.29 is 40.7 Å². The molecule has 0 spiro atoms. The van der Waals surface area contributed by atoms with Gasteiger partial charge in [0.15, 0.2) is 6.26 Å². The Balaban J connectivity index is 1.63. The standard InChI is InChI=1S/C22H23F2N3O7S/c1-31-17-9-13(10-18(34-22(23)24)20(17)21(28)26-14-3-4-14)16-12-25-19-11-15(5-6-27(16)19)32-7-8-33-35(2,29)30/h5-6,9-12,14,22H,3-4,7-8H2,1-2H3,(H-,26,28,29,30)/p+1. The zero-order valence-electron chi connectivity index (χ0n) is 18.9.